The first-order chi connectivity index (χ1) is 10.1. The van der Waals surface area contributed by atoms with Crippen LogP contribution in [0.2, 0.25) is 0 Å². The lowest BCUT2D eigenvalue weighted by atomic mass is 10.3. The van der Waals surface area contributed by atoms with E-state index in [0.29, 0.717) is 5.52 Å². The first-order valence-corrected chi connectivity index (χ1v) is 7.77. The Hall–Kier alpha value is -2.19. The lowest BCUT2D eigenvalue weighted by Gasteiger charge is -1.98. The second kappa shape index (κ2) is 5.66. The van der Waals surface area contributed by atoms with Gasteiger partial charge in [-0.25, -0.2) is 4.98 Å². The normalized spacial score (nSPS) is 10.9. The average molecular weight is 319 g/mol. The van der Waals surface area contributed by atoms with Crippen molar-refractivity contribution in [3.8, 4) is 0 Å². The van der Waals surface area contributed by atoms with Gasteiger partial charge < -0.3 is 0 Å². The van der Waals surface area contributed by atoms with E-state index >= 15 is 0 Å². The molecule has 0 unspecified atom stereocenters. The predicted octanol–water partition coefficient (Wildman–Crippen LogP) is 3.44. The van der Waals surface area contributed by atoms with E-state index in [0.717, 1.165) is 9.04 Å². The van der Waals surface area contributed by atoms with E-state index in [1.807, 2.05) is 0 Å². The molecule has 0 fully saturated rings. The number of aromatic nitrogens is 2. The van der Waals surface area contributed by atoms with Crippen LogP contribution in [0.1, 0.15) is 4.79 Å². The van der Waals surface area contributed by atoms with Crippen LogP contribution in [0.15, 0.2) is 47.1 Å². The van der Waals surface area contributed by atoms with Crippen LogP contribution in [0, 0.1) is 10.1 Å². The quantitative estimate of drug-likeness (QED) is 0.418. The zero-order valence-electron chi connectivity index (χ0n) is 10.6. The Morgan fingerprint density at radius 3 is 2.86 bits per heavy atom. The molecule has 0 radical (unpaired) electrons. The van der Waals surface area contributed by atoms with Crippen LogP contribution in [0.5, 0.6) is 0 Å². The van der Waals surface area contributed by atoms with Crippen LogP contribution in [-0.4, -0.2) is 26.1 Å². The number of rotatable bonds is 4. The maximum absolute atomic E-state index is 11.9. The summed E-state index contributed by atoms with van der Waals surface area (Å²) in [5.74, 6) is 0.242. The van der Waals surface area contributed by atoms with Gasteiger partial charge >= 0.3 is 0 Å². The molecule has 2 heterocycles. The standard InChI is InChI=1S/C13H9N3O3S2/c17-12(15-5-1-2-6-15)8-20-13-14-10-4-3-9(16(18)19)7-11(10)21-13/h1-7H,8H2. The molecule has 0 aliphatic carbocycles. The lowest BCUT2D eigenvalue weighted by Crippen LogP contribution is -2.10. The van der Waals surface area contributed by atoms with Gasteiger partial charge in [-0.3, -0.25) is 19.5 Å². The molecule has 6 nitrogen and oxygen atoms in total. The fourth-order valence-electron chi connectivity index (χ4n) is 1.77. The van der Waals surface area contributed by atoms with Crippen molar-refractivity contribution < 1.29 is 9.72 Å². The van der Waals surface area contributed by atoms with Crippen molar-refractivity contribution in [2.45, 2.75) is 4.34 Å². The Labute approximate surface area is 127 Å². The largest absolute Gasteiger partial charge is 0.294 e. The van der Waals surface area contributed by atoms with Crippen molar-refractivity contribution >= 4 is 44.9 Å². The third-order valence-corrected chi connectivity index (χ3v) is 4.92. The van der Waals surface area contributed by atoms with Crippen LogP contribution in [0.3, 0.4) is 0 Å². The van der Waals surface area contributed by atoms with Gasteiger partial charge in [0.15, 0.2) is 4.34 Å². The van der Waals surface area contributed by atoms with Gasteiger partial charge in [0, 0.05) is 24.5 Å². The molecule has 0 saturated heterocycles. The maximum atomic E-state index is 11.9. The molecule has 0 amide bonds. The van der Waals surface area contributed by atoms with E-state index < -0.39 is 4.92 Å². The van der Waals surface area contributed by atoms with Crippen LogP contribution in [-0.2, 0) is 0 Å². The third-order valence-electron chi connectivity index (χ3n) is 2.77. The molecule has 0 saturated carbocycles. The Morgan fingerprint density at radius 1 is 1.38 bits per heavy atom. The van der Waals surface area contributed by atoms with Gasteiger partial charge in [0.1, 0.15) is 0 Å². The van der Waals surface area contributed by atoms with Crippen LogP contribution < -0.4 is 0 Å². The molecule has 1 aromatic carbocycles. The van der Waals surface area contributed by atoms with Crippen LogP contribution >= 0.6 is 23.1 Å². The highest BCUT2D eigenvalue weighted by Crippen LogP contribution is 2.31. The van der Waals surface area contributed by atoms with E-state index in [-0.39, 0.29) is 17.3 Å². The Morgan fingerprint density at radius 2 is 2.14 bits per heavy atom. The minimum Gasteiger partial charge on any atom is -0.294 e. The van der Waals surface area contributed by atoms with E-state index in [1.165, 1.54) is 39.8 Å². The fourth-order valence-corrected chi connectivity index (χ4v) is 3.74. The van der Waals surface area contributed by atoms with Crippen molar-refractivity contribution in [1.29, 1.82) is 0 Å². The van der Waals surface area contributed by atoms with Gasteiger partial charge in [0.2, 0.25) is 5.91 Å². The number of thioether (sulfide) groups is 1. The number of carbonyl (C=O) groups is 1. The van der Waals surface area contributed by atoms with Crippen LogP contribution in [0.4, 0.5) is 5.69 Å². The Balaban J connectivity index is 1.75. The number of benzene rings is 1. The molecule has 21 heavy (non-hydrogen) atoms. The zero-order chi connectivity index (χ0) is 14.8. The summed E-state index contributed by atoms with van der Waals surface area (Å²) in [4.78, 5) is 26.5. The van der Waals surface area contributed by atoms with Crippen molar-refractivity contribution in [2.24, 2.45) is 0 Å². The number of nitrogens with zero attached hydrogens (tertiary/aromatic N) is 3. The second-order valence-corrected chi connectivity index (χ2v) is 6.41. The number of nitro benzene ring substituents is 1. The monoisotopic (exact) mass is 319 g/mol. The van der Waals surface area contributed by atoms with Crippen molar-refractivity contribution in [2.75, 3.05) is 5.75 Å². The number of hydrogen-bond donors (Lipinski definition) is 0. The van der Waals surface area contributed by atoms with E-state index in [2.05, 4.69) is 4.98 Å². The number of carbonyl (C=O) groups excluding carboxylic acids is 1. The van der Waals surface area contributed by atoms with Crippen molar-refractivity contribution in [1.82, 2.24) is 9.55 Å². The SMILES string of the molecule is O=C(CSc1nc2ccc([N+](=O)[O-])cc2s1)n1cccc1. The number of non-ortho nitro benzene ring substituents is 1. The summed E-state index contributed by atoms with van der Waals surface area (Å²) in [5, 5.41) is 10.7. The van der Waals surface area contributed by atoms with Gasteiger partial charge in [0.25, 0.3) is 5.69 Å². The minimum atomic E-state index is -0.429. The van der Waals surface area contributed by atoms with E-state index in [9.17, 15) is 14.9 Å². The highest BCUT2D eigenvalue weighted by atomic mass is 32.2. The topological polar surface area (TPSA) is 78.0 Å². The number of hydrogen-bond acceptors (Lipinski definition) is 6. The minimum absolute atomic E-state index is 0.0322. The second-order valence-electron chi connectivity index (χ2n) is 4.16. The predicted molar refractivity (Wildman–Crippen MR) is 82.1 cm³/mol. The van der Waals surface area contributed by atoms with Crippen LogP contribution in [0.25, 0.3) is 10.2 Å². The summed E-state index contributed by atoms with van der Waals surface area (Å²) in [6.07, 6.45) is 3.40. The molecule has 3 rings (SSSR count). The fraction of sp³-hybridized carbons (Fsp3) is 0.0769. The molecular weight excluding hydrogens is 310 g/mol. The van der Waals surface area contributed by atoms with Gasteiger partial charge in [-0.15, -0.1) is 11.3 Å². The molecule has 0 aliphatic heterocycles. The average Bonchev–Trinajstić information content (AvgIpc) is 3.12. The highest BCUT2D eigenvalue weighted by molar-refractivity contribution is 8.01. The zero-order valence-corrected chi connectivity index (χ0v) is 12.3. The third kappa shape index (κ3) is 2.96. The molecular formula is C13H9N3O3S2. The van der Waals surface area contributed by atoms with Gasteiger partial charge in [-0.2, -0.15) is 0 Å². The number of thiazole rings is 1. The maximum Gasteiger partial charge on any atom is 0.270 e. The summed E-state index contributed by atoms with van der Waals surface area (Å²) in [6, 6.07) is 8.15. The van der Waals surface area contributed by atoms with E-state index in [4.69, 9.17) is 0 Å². The summed E-state index contributed by atoms with van der Waals surface area (Å²) in [5.41, 5.74) is 0.757. The molecule has 106 valence electrons. The first kappa shape index (κ1) is 13.8. The first-order valence-electron chi connectivity index (χ1n) is 5.97. The van der Waals surface area contributed by atoms with Gasteiger partial charge in [-0.1, -0.05) is 11.8 Å². The molecule has 0 N–H and O–H groups in total. The molecule has 0 spiro atoms. The summed E-state index contributed by atoms with van der Waals surface area (Å²) in [7, 11) is 0. The highest BCUT2D eigenvalue weighted by Gasteiger charge is 2.12. The number of nitro groups is 1. The molecule has 8 heteroatoms. The van der Waals surface area contributed by atoms with Crippen molar-refractivity contribution in [3.63, 3.8) is 0 Å². The number of fused-ring (bicyclic) bond motifs is 1. The van der Waals surface area contributed by atoms with Gasteiger partial charge in [-0.05, 0) is 18.2 Å². The summed E-state index contributed by atoms with van der Waals surface area (Å²) in [6.45, 7) is 0. The van der Waals surface area contributed by atoms with Gasteiger partial charge in [0.05, 0.1) is 20.9 Å². The Kier molecular flexibility index (Phi) is 3.72. The smallest absolute Gasteiger partial charge is 0.270 e. The molecule has 0 atom stereocenters. The lowest BCUT2D eigenvalue weighted by molar-refractivity contribution is -0.384. The summed E-state index contributed by atoms with van der Waals surface area (Å²) < 4.78 is 3.00. The van der Waals surface area contributed by atoms with E-state index in [1.54, 1.807) is 30.6 Å². The molecule has 0 bridgehead atoms. The molecule has 0 aliphatic rings. The van der Waals surface area contributed by atoms with Crippen molar-refractivity contribution in [3.05, 3.63) is 52.8 Å². The summed E-state index contributed by atoms with van der Waals surface area (Å²) >= 11 is 2.69. The molecule has 3 aromatic rings. The molecule has 2 aromatic heterocycles. The Bertz CT molecular complexity index is 811.